The zero-order chi connectivity index (χ0) is 7.99. The van der Waals surface area contributed by atoms with Gasteiger partial charge in [-0.25, -0.2) is 0 Å². The zero-order valence-corrected chi connectivity index (χ0v) is 6.73. The molecule has 9 heavy (non-hydrogen) atoms. The predicted molar refractivity (Wildman–Crippen MR) is 32.6 cm³/mol. The van der Waals surface area contributed by atoms with E-state index in [1.165, 1.54) is 0 Å². The Bertz CT molecular complexity index is 116. The molecule has 0 spiro atoms. The first-order valence-electron chi connectivity index (χ1n) is 2.07. The van der Waals surface area contributed by atoms with E-state index in [-0.39, 0.29) is 0 Å². The van der Waals surface area contributed by atoms with Crippen LogP contribution in [0.15, 0.2) is 0 Å². The van der Waals surface area contributed by atoms with Gasteiger partial charge in [0.05, 0.1) is 0 Å². The second kappa shape index (κ2) is 1.40. The minimum atomic E-state index is -9.21. The number of halogens is 5. The molecule has 0 aliphatic rings. The average molecular weight is 188 g/mol. The van der Waals surface area contributed by atoms with Gasteiger partial charge in [-0.15, -0.1) is 0 Å². The maximum atomic E-state index is 11.4. The summed E-state index contributed by atoms with van der Waals surface area (Å²) in [6, 6.07) is 0. The van der Waals surface area contributed by atoms with Gasteiger partial charge in [-0.3, -0.25) is 0 Å². The molecule has 0 unspecified atom stereocenters. The van der Waals surface area contributed by atoms with Gasteiger partial charge in [-0.2, -0.15) is 0 Å². The number of rotatable bonds is 1. The topological polar surface area (TPSA) is 0 Å². The Balaban J connectivity index is 4.76. The molecule has 0 aliphatic heterocycles. The quantitative estimate of drug-likeness (QED) is 0.432. The van der Waals surface area contributed by atoms with Crippen molar-refractivity contribution in [3.63, 3.8) is 0 Å². The van der Waals surface area contributed by atoms with Crippen LogP contribution >= 0.6 is 14.8 Å². The molecule has 0 saturated heterocycles. The van der Waals surface area contributed by atoms with Gasteiger partial charge in [0.2, 0.25) is 0 Å². The molecular formula is C2H7F5P2. The molecule has 7 heteroatoms. The van der Waals surface area contributed by atoms with Crippen LogP contribution in [-0.2, 0) is 0 Å². The molecule has 0 heterocycles. The minimum absolute atomic E-state index is 0.556. The molecule has 0 radical (unpaired) electrons. The molecule has 0 aromatic rings. The van der Waals surface area contributed by atoms with Gasteiger partial charge in [0.25, 0.3) is 0 Å². The summed E-state index contributed by atoms with van der Waals surface area (Å²) in [5.74, 6) is 0. The Labute approximate surface area is 50.2 Å². The van der Waals surface area contributed by atoms with E-state index in [0.717, 1.165) is 0 Å². The SMILES string of the molecule is C[PH+](C)[P-](F)(F)(F)(F)F. The maximum absolute atomic E-state index is 11.4. The van der Waals surface area contributed by atoms with Crippen molar-refractivity contribution in [2.75, 3.05) is 13.3 Å². The normalized spacial score (nSPS) is 21.3. The summed E-state index contributed by atoms with van der Waals surface area (Å²) in [6.45, 7) is 1.11. The van der Waals surface area contributed by atoms with Gasteiger partial charge in [0, 0.05) is 0 Å². The van der Waals surface area contributed by atoms with Crippen molar-refractivity contribution in [1.82, 2.24) is 0 Å². The molecule has 0 N–H and O–H groups in total. The van der Waals surface area contributed by atoms with E-state index in [9.17, 15) is 21.0 Å². The van der Waals surface area contributed by atoms with Crippen LogP contribution in [0.3, 0.4) is 0 Å². The van der Waals surface area contributed by atoms with Crippen LogP contribution in [0.2, 0.25) is 0 Å². The summed E-state index contributed by atoms with van der Waals surface area (Å²) in [4.78, 5) is 0. The van der Waals surface area contributed by atoms with Crippen LogP contribution in [0, 0.1) is 0 Å². The summed E-state index contributed by atoms with van der Waals surface area (Å²) in [6.07, 6.45) is 0. The van der Waals surface area contributed by atoms with Crippen molar-refractivity contribution in [2.45, 2.75) is 0 Å². The van der Waals surface area contributed by atoms with Gasteiger partial charge in [0.15, 0.2) is 0 Å². The molecule has 60 valence electrons. The van der Waals surface area contributed by atoms with Crippen LogP contribution < -0.4 is 0 Å². The van der Waals surface area contributed by atoms with Crippen LogP contribution in [0.5, 0.6) is 0 Å². The summed E-state index contributed by atoms with van der Waals surface area (Å²) in [5.41, 5.74) is 0. The number of hydrogen-bond donors (Lipinski definition) is 0. The monoisotopic (exact) mass is 188 g/mol. The molecule has 0 aliphatic carbocycles. The van der Waals surface area contributed by atoms with Crippen LogP contribution in [-0.4, -0.2) is 13.3 Å². The van der Waals surface area contributed by atoms with E-state index in [1.807, 2.05) is 0 Å². The third-order valence-corrected chi connectivity index (χ3v) is 7.61. The molecule has 0 nitrogen and oxygen atoms in total. The van der Waals surface area contributed by atoms with E-state index in [2.05, 4.69) is 0 Å². The molecule has 0 fully saturated rings. The third kappa shape index (κ3) is 3.27. The van der Waals surface area contributed by atoms with Gasteiger partial charge in [-0.05, 0) is 0 Å². The first-order valence-corrected chi connectivity index (χ1v) is 7.55. The summed E-state index contributed by atoms with van der Waals surface area (Å²) in [7, 11) is -12.7. The Morgan fingerprint density at radius 1 is 0.889 bits per heavy atom. The van der Waals surface area contributed by atoms with Crippen LogP contribution in [0.25, 0.3) is 0 Å². The van der Waals surface area contributed by atoms with E-state index < -0.39 is 14.8 Å². The molecule has 0 bridgehead atoms. The Hall–Kier alpha value is 0.510. The van der Waals surface area contributed by atoms with Crippen molar-refractivity contribution in [3.8, 4) is 0 Å². The molecule has 0 aromatic carbocycles. The molecule has 0 rings (SSSR count). The Morgan fingerprint density at radius 3 is 1.00 bits per heavy atom. The van der Waals surface area contributed by atoms with Crippen molar-refractivity contribution in [1.29, 1.82) is 0 Å². The van der Waals surface area contributed by atoms with E-state index in [0.29, 0.717) is 13.3 Å². The Morgan fingerprint density at radius 2 is 1.00 bits per heavy atom. The van der Waals surface area contributed by atoms with Crippen LogP contribution in [0.1, 0.15) is 0 Å². The van der Waals surface area contributed by atoms with Gasteiger partial charge < -0.3 is 0 Å². The predicted octanol–water partition coefficient (Wildman–Crippen LogP) is 3.89. The standard InChI is InChI=1S/C2H7F5P2/c1-8(2)9(3,4,5,6)7/h8H,1-2H3. The fraction of sp³-hybridized carbons (Fsp3) is 1.00. The number of hydrogen-bond acceptors (Lipinski definition) is 0. The second-order valence-electron chi connectivity index (χ2n) is 2.01. The van der Waals surface area contributed by atoms with Crippen molar-refractivity contribution in [3.05, 3.63) is 0 Å². The molecule has 0 aromatic heterocycles. The fourth-order valence-corrected chi connectivity index (χ4v) is 0. The third-order valence-electron chi connectivity index (χ3n) is 0.845. The van der Waals surface area contributed by atoms with Gasteiger partial charge >= 0.3 is 49.1 Å². The fourth-order valence-electron chi connectivity index (χ4n) is 0. The summed E-state index contributed by atoms with van der Waals surface area (Å²) >= 11 is 0. The van der Waals surface area contributed by atoms with E-state index in [1.54, 1.807) is 0 Å². The Kier molecular flexibility index (Phi) is 1.48. The first-order chi connectivity index (χ1) is 3.43. The molecular weight excluding hydrogens is 181 g/mol. The molecule has 0 atom stereocenters. The summed E-state index contributed by atoms with van der Waals surface area (Å²) < 4.78 is 57.0. The van der Waals surface area contributed by atoms with Crippen LogP contribution in [0.4, 0.5) is 21.0 Å². The van der Waals surface area contributed by atoms with Crippen molar-refractivity contribution in [2.24, 2.45) is 0 Å². The first kappa shape index (κ1) is 9.51. The van der Waals surface area contributed by atoms with Crippen molar-refractivity contribution < 1.29 is 21.0 Å². The van der Waals surface area contributed by atoms with E-state index in [4.69, 9.17) is 0 Å². The molecule has 0 amide bonds. The van der Waals surface area contributed by atoms with Gasteiger partial charge in [-0.1, -0.05) is 0 Å². The average Bonchev–Trinajstić information content (AvgIpc) is 1.24. The summed E-state index contributed by atoms with van der Waals surface area (Å²) in [5, 5.41) is 0. The van der Waals surface area contributed by atoms with Gasteiger partial charge in [0.1, 0.15) is 0 Å². The zero-order valence-electron chi connectivity index (χ0n) is 4.84. The van der Waals surface area contributed by atoms with E-state index >= 15 is 0 Å². The van der Waals surface area contributed by atoms with Crippen molar-refractivity contribution >= 4 is 14.8 Å². The second-order valence-corrected chi connectivity index (χ2v) is 11.2. The molecule has 0 saturated carbocycles.